The number of carbonyl (C=O) groups is 9. The Morgan fingerprint density at radius 1 is 0.440 bits per heavy atom. The fourth-order valence-corrected chi connectivity index (χ4v) is 13.5. The van der Waals surface area contributed by atoms with E-state index in [2.05, 4.69) is 53.2 Å². The van der Waals surface area contributed by atoms with Gasteiger partial charge >= 0.3 is 0 Å². The maximum absolute atomic E-state index is 14.8. The first-order chi connectivity index (χ1) is 52.6. The first kappa shape index (κ1) is 77.9. The van der Waals surface area contributed by atoms with Gasteiger partial charge in [-0.15, -0.1) is 0 Å². The predicted octanol–water partition coefficient (Wildman–Crippen LogP) is 2.17. The standard InChI is InChI=1S/C77H84N14O17S/c92-47-17-20-50-61(42-47)108-62-43-48(93)18-21-51(62)63(50)49-19-16-45(41-60(49)76(106)107)87-77(109)85-22-2-1-7-46-44-91-36-29-84-73(103)57-13-5-12-56(66(57)96)70(100)80-25-32-89(33-26-83-74(104)58-14-6-15-59(67(58)97)75(105)86-46)38-37-88-30-23-78-68(98)52-8-3-10-54(64(52)94)71(101)81-27-34-90(39-40-91)35-28-82-72(102)55-11-4-9-53(65(55)95)69(99)79-24-31-88/h3-6,8-21,41-43,46,92,94-97H,1-2,7,22-40,44H2,(H,78,98)(H,79,99)(H,80,100)(H,81,101)(H,82,102)(H,83,104)(H,84,103)(H,86,105)(H,106,107)(H2,85,87,109)/p-1. The molecule has 0 radical (unpaired) electrons. The van der Waals surface area contributed by atoms with Crippen LogP contribution in [0.15, 0.2) is 137 Å². The smallest absolute Gasteiger partial charge is 0.255 e. The Balaban J connectivity index is 0.904. The minimum atomic E-state index is -1.52. The molecular weight excluding hydrogens is 1420 g/mol. The number of para-hydroxylation sites is 4. The number of nitrogens with one attached hydrogen (secondary N) is 10. The number of aromatic hydroxyl groups is 5. The van der Waals surface area contributed by atoms with E-state index in [4.69, 9.17) is 16.6 Å². The fourth-order valence-electron chi connectivity index (χ4n) is 13.3. The second-order valence-corrected chi connectivity index (χ2v) is 26.7. The number of carboxylic acid groups (broad SMARTS) is 1. The molecule has 1 aliphatic carbocycles. The summed E-state index contributed by atoms with van der Waals surface area (Å²) >= 11 is 5.71. The number of phenols is 5. The molecule has 32 heteroatoms. The molecule has 6 aliphatic rings. The van der Waals surface area contributed by atoms with E-state index in [0.29, 0.717) is 29.4 Å². The van der Waals surface area contributed by atoms with Crippen LogP contribution in [0.2, 0.25) is 0 Å². The highest BCUT2D eigenvalue weighted by Gasteiger charge is 2.28. The van der Waals surface area contributed by atoms with Gasteiger partial charge in [0.1, 0.15) is 40.1 Å². The van der Waals surface area contributed by atoms with E-state index in [0.717, 1.165) is 0 Å². The maximum Gasteiger partial charge on any atom is 0.255 e. The highest BCUT2D eigenvalue weighted by atomic mass is 32.1. The predicted molar refractivity (Wildman–Crippen MR) is 404 cm³/mol. The number of nitrogens with zero attached hydrogens (tertiary/aromatic N) is 4. The second kappa shape index (κ2) is 36.4. The minimum Gasteiger partial charge on any atom is -0.545 e. The van der Waals surface area contributed by atoms with Gasteiger partial charge in [-0.05, 0) is 122 Å². The van der Waals surface area contributed by atoms with Crippen molar-refractivity contribution in [2.45, 2.75) is 25.3 Å². The Morgan fingerprint density at radius 3 is 1.24 bits per heavy atom. The molecule has 0 saturated carbocycles. The summed E-state index contributed by atoms with van der Waals surface area (Å²) in [6, 6.07) is 29.0. The van der Waals surface area contributed by atoms with Crippen molar-refractivity contribution >= 4 is 87.2 Å². The number of fused-ring (bicyclic) bond motifs is 18. The van der Waals surface area contributed by atoms with Crippen LogP contribution in [0.4, 0.5) is 5.69 Å². The highest BCUT2D eigenvalue weighted by Crippen LogP contribution is 2.42. The molecule has 3 atom stereocenters. The summed E-state index contributed by atoms with van der Waals surface area (Å²) < 4.78 is 5.97. The molecule has 12 bridgehead atoms. The number of hydrogen-bond acceptors (Lipinski definition) is 22. The van der Waals surface area contributed by atoms with Crippen molar-refractivity contribution in [1.82, 2.24) is 67.5 Å². The van der Waals surface area contributed by atoms with Crippen molar-refractivity contribution in [3.8, 4) is 51.2 Å². The van der Waals surface area contributed by atoms with Crippen molar-refractivity contribution in [2.75, 3.05) is 136 Å². The summed E-state index contributed by atoms with van der Waals surface area (Å²) in [5.74, 6) is -9.44. The van der Waals surface area contributed by atoms with Crippen LogP contribution >= 0.6 is 12.2 Å². The van der Waals surface area contributed by atoms with Gasteiger partial charge in [0.15, 0.2) is 10.5 Å². The van der Waals surface area contributed by atoms with E-state index in [-0.39, 0.29) is 226 Å². The number of benzene rings is 7. The monoisotopic (exact) mass is 1510 g/mol. The lowest BCUT2D eigenvalue weighted by Crippen LogP contribution is -2.49. The van der Waals surface area contributed by atoms with Crippen LogP contribution in [-0.4, -0.2) is 240 Å². The van der Waals surface area contributed by atoms with Gasteiger partial charge in [0.05, 0.1) is 50.5 Å². The number of rotatable bonds is 8. The van der Waals surface area contributed by atoms with Crippen molar-refractivity contribution in [3.63, 3.8) is 0 Å². The molecule has 31 nitrogen and oxygen atoms in total. The van der Waals surface area contributed by atoms with E-state index in [1.807, 2.05) is 19.6 Å². The molecule has 12 rings (SSSR count). The summed E-state index contributed by atoms with van der Waals surface area (Å²) in [6.45, 7) is 1.51. The lowest BCUT2D eigenvalue weighted by atomic mass is 9.90. The van der Waals surface area contributed by atoms with Crippen LogP contribution in [0.25, 0.3) is 33.4 Å². The summed E-state index contributed by atoms with van der Waals surface area (Å²) in [7, 11) is 0. The van der Waals surface area contributed by atoms with Crippen molar-refractivity contribution in [2.24, 2.45) is 0 Å². The van der Waals surface area contributed by atoms with Gasteiger partial charge in [-0.25, -0.2) is 0 Å². The average Bonchev–Trinajstić information content (AvgIpc) is 0.748. The van der Waals surface area contributed by atoms with Crippen LogP contribution in [0.1, 0.15) is 112 Å². The van der Waals surface area contributed by atoms with Gasteiger partial charge in [-0.1, -0.05) is 30.3 Å². The summed E-state index contributed by atoms with van der Waals surface area (Å²) in [6.07, 6.45) is 1.07. The number of anilines is 1. The van der Waals surface area contributed by atoms with Crippen molar-refractivity contribution < 1.29 is 78.2 Å². The van der Waals surface area contributed by atoms with Gasteiger partial charge < -0.3 is 93.0 Å². The fraction of sp³-hybridized carbons (Fsp3) is 0.312. The quantitative estimate of drug-likeness (QED) is 0.0589. The van der Waals surface area contributed by atoms with Crippen LogP contribution < -0.4 is 63.7 Å². The molecule has 0 fully saturated rings. The molecule has 0 spiro atoms. The average molecular weight is 1510 g/mol. The van der Waals surface area contributed by atoms with Crippen LogP contribution in [0.5, 0.6) is 28.7 Å². The largest absolute Gasteiger partial charge is 0.545 e. The Morgan fingerprint density at radius 2 is 0.826 bits per heavy atom. The van der Waals surface area contributed by atoms with Gasteiger partial charge in [-0.2, -0.15) is 0 Å². The molecular formula is C77H83N14O17S-. The number of thiocarbonyl (C=S) groups is 1. The second-order valence-electron chi connectivity index (χ2n) is 26.3. The molecule has 6 aromatic rings. The van der Waals surface area contributed by atoms with E-state index >= 15 is 0 Å². The number of unbranched alkanes of at least 4 members (excludes halogenated alkanes) is 1. The van der Waals surface area contributed by atoms with E-state index in [1.54, 1.807) is 18.2 Å². The molecule has 0 aromatic heterocycles. The Labute approximate surface area is 630 Å². The zero-order valence-corrected chi connectivity index (χ0v) is 60.1. The number of hydrogen-bond donors (Lipinski definition) is 15. The van der Waals surface area contributed by atoms with Gasteiger partial charge in [0, 0.05) is 177 Å². The van der Waals surface area contributed by atoms with Crippen molar-refractivity contribution in [1.29, 1.82) is 0 Å². The third-order valence-electron chi connectivity index (χ3n) is 19.1. The first-order valence-corrected chi connectivity index (χ1v) is 36.1. The summed E-state index contributed by atoms with van der Waals surface area (Å²) in [5, 5.41) is 99.3. The number of phenolic OH excluding ortho intramolecular Hbond substituents is 5. The zero-order chi connectivity index (χ0) is 77.3. The zero-order valence-electron chi connectivity index (χ0n) is 59.3. The molecule has 8 amide bonds. The van der Waals surface area contributed by atoms with E-state index in [1.165, 1.54) is 109 Å². The topological polar surface area (TPSA) is 441 Å². The lowest BCUT2D eigenvalue weighted by Gasteiger charge is -2.31. The molecule has 3 unspecified atom stereocenters. The molecule has 570 valence electrons. The SMILES string of the molecule is O=C([O-])c1cc(NC(=S)NCCCCC2CN3CCNC(=O)c4cccc(c4O)C(=O)NCCN(CCNC(=O)c4cccc(c4O)C(=O)N2)CCN2CCNC(=O)c4cccc(c4O)C(=O)NCCN(CCNC(=O)c4cccc(c4O)C(=O)NCC2)CC3)ccc1-c1c2ccc(=O)cc-2oc2cc(O)ccc12. The Kier molecular flexibility index (Phi) is 26.0. The van der Waals surface area contributed by atoms with E-state index < -0.39 is 82.3 Å². The normalized spacial score (nSPS) is 19.4. The third-order valence-corrected chi connectivity index (χ3v) is 19.3. The summed E-state index contributed by atoms with van der Waals surface area (Å²) in [4.78, 5) is 146. The Hall–Kier alpha value is -12.2. The molecule has 5 heterocycles. The van der Waals surface area contributed by atoms with Gasteiger partial charge in [-0.3, -0.25) is 62.8 Å². The van der Waals surface area contributed by atoms with Crippen LogP contribution in [0.3, 0.4) is 0 Å². The molecule has 109 heavy (non-hydrogen) atoms. The maximum atomic E-state index is 14.8. The number of carbonyl (C=O) groups excluding carboxylic acids is 9. The van der Waals surface area contributed by atoms with E-state index in [9.17, 15) is 78.6 Å². The van der Waals surface area contributed by atoms with Crippen LogP contribution in [0, 0.1) is 0 Å². The highest BCUT2D eigenvalue weighted by molar-refractivity contribution is 7.80. The first-order valence-electron chi connectivity index (χ1n) is 35.6. The number of carboxylic acids is 1. The van der Waals surface area contributed by atoms with Crippen LogP contribution in [-0.2, 0) is 0 Å². The summed E-state index contributed by atoms with van der Waals surface area (Å²) in [5.41, 5.74) is -0.562. The van der Waals surface area contributed by atoms with Crippen molar-refractivity contribution in [3.05, 3.63) is 188 Å². The van der Waals surface area contributed by atoms with Gasteiger partial charge in [0.25, 0.3) is 47.3 Å². The Bertz CT molecular complexity index is 4730. The third kappa shape index (κ3) is 19.7. The molecule has 0 saturated heterocycles. The molecule has 6 aromatic carbocycles. The minimum absolute atomic E-state index is 0.0122. The van der Waals surface area contributed by atoms with Gasteiger partial charge in [0.2, 0.25) is 0 Å². The molecule has 15 N–H and O–H groups in total. The molecule has 5 aliphatic heterocycles. The lowest BCUT2D eigenvalue weighted by molar-refractivity contribution is -0.255. The number of aromatic carboxylic acids is 1. The number of amides is 8.